The number of nitrogens with zero attached hydrogens (tertiary/aromatic N) is 2. The van der Waals surface area contributed by atoms with Gasteiger partial charge in [0.15, 0.2) is 0 Å². The fraction of sp³-hybridized carbons (Fsp3) is 0.476. The third-order valence-electron chi connectivity index (χ3n) is 4.89. The number of rotatable bonds is 6. The van der Waals surface area contributed by atoms with E-state index in [-0.39, 0.29) is 6.10 Å². The lowest BCUT2D eigenvalue weighted by atomic mass is 9.91. The van der Waals surface area contributed by atoms with Gasteiger partial charge in [-0.3, -0.25) is 0 Å². The Hall–Kier alpha value is -1.78. The highest BCUT2D eigenvalue weighted by molar-refractivity contribution is 6.29. The first-order valence-corrected chi connectivity index (χ1v) is 9.83. The van der Waals surface area contributed by atoms with E-state index in [1.807, 2.05) is 12.1 Å². The monoisotopic (exact) mass is 373 g/mol. The summed E-state index contributed by atoms with van der Waals surface area (Å²) < 4.78 is 0. The number of aliphatic hydroxyl groups excluding tert-OH is 1. The molecule has 2 N–H and O–H groups in total. The minimum atomic E-state index is -0.138. The third-order valence-corrected chi connectivity index (χ3v) is 5.11. The van der Waals surface area contributed by atoms with Gasteiger partial charge in [-0.1, -0.05) is 37.6 Å². The van der Waals surface area contributed by atoms with Gasteiger partial charge in [0.05, 0.1) is 29.4 Å². The molecule has 3 rings (SSSR count). The van der Waals surface area contributed by atoms with E-state index in [0.29, 0.717) is 17.1 Å². The van der Waals surface area contributed by atoms with Gasteiger partial charge in [0.1, 0.15) is 5.15 Å². The normalized spacial score (nSPS) is 20.2. The van der Waals surface area contributed by atoms with Gasteiger partial charge in [0.2, 0.25) is 0 Å². The Morgan fingerprint density at radius 2 is 1.88 bits per heavy atom. The van der Waals surface area contributed by atoms with Gasteiger partial charge in [-0.05, 0) is 55.9 Å². The average Bonchev–Trinajstić information content (AvgIpc) is 2.63. The molecular formula is C21H28ClN3O. The number of aliphatic hydroxyl groups is 1. The van der Waals surface area contributed by atoms with Crippen molar-refractivity contribution in [3.63, 3.8) is 0 Å². The van der Waals surface area contributed by atoms with E-state index in [0.717, 1.165) is 43.6 Å². The summed E-state index contributed by atoms with van der Waals surface area (Å²) >= 11 is 5.90. The van der Waals surface area contributed by atoms with Crippen molar-refractivity contribution in [2.75, 3.05) is 16.8 Å². The Balaban J connectivity index is 1.87. The van der Waals surface area contributed by atoms with Gasteiger partial charge in [-0.15, -0.1) is 0 Å². The van der Waals surface area contributed by atoms with Crippen LogP contribution in [0.15, 0.2) is 42.6 Å². The topological polar surface area (TPSA) is 48.4 Å². The lowest BCUT2D eigenvalue weighted by Gasteiger charge is -2.39. The first-order valence-electron chi connectivity index (χ1n) is 9.45. The van der Waals surface area contributed by atoms with Gasteiger partial charge in [-0.25, -0.2) is 4.98 Å². The Labute approximate surface area is 161 Å². The number of aromatic nitrogens is 1. The zero-order chi connectivity index (χ0) is 18.5. The summed E-state index contributed by atoms with van der Waals surface area (Å²) in [7, 11) is 0. The van der Waals surface area contributed by atoms with Crippen molar-refractivity contribution < 1.29 is 5.11 Å². The van der Waals surface area contributed by atoms with Crippen molar-refractivity contribution >= 4 is 28.7 Å². The van der Waals surface area contributed by atoms with Crippen molar-refractivity contribution in [2.24, 2.45) is 5.92 Å². The van der Waals surface area contributed by atoms with E-state index in [2.05, 4.69) is 47.2 Å². The zero-order valence-electron chi connectivity index (χ0n) is 15.5. The fourth-order valence-electron chi connectivity index (χ4n) is 3.64. The Morgan fingerprint density at radius 3 is 2.54 bits per heavy atom. The molecule has 0 aliphatic heterocycles. The van der Waals surface area contributed by atoms with Crippen LogP contribution in [0.3, 0.4) is 0 Å². The minimum Gasteiger partial charge on any atom is -0.393 e. The summed E-state index contributed by atoms with van der Waals surface area (Å²) in [5, 5.41) is 13.9. The second-order valence-electron chi connectivity index (χ2n) is 7.52. The highest BCUT2D eigenvalue weighted by Crippen LogP contribution is 2.34. The predicted molar refractivity (Wildman–Crippen MR) is 109 cm³/mol. The Bertz CT molecular complexity index is 697. The molecule has 0 unspecified atom stereocenters. The van der Waals surface area contributed by atoms with Crippen LogP contribution in [-0.4, -0.2) is 28.8 Å². The van der Waals surface area contributed by atoms with Crippen LogP contribution in [0.4, 0.5) is 17.1 Å². The number of hydrogen-bond acceptors (Lipinski definition) is 4. The Morgan fingerprint density at radius 1 is 1.15 bits per heavy atom. The predicted octanol–water partition coefficient (Wildman–Crippen LogP) is 5.24. The molecule has 0 bridgehead atoms. The van der Waals surface area contributed by atoms with Crippen LogP contribution in [0.1, 0.15) is 39.5 Å². The van der Waals surface area contributed by atoms with Crippen molar-refractivity contribution in [3.8, 4) is 0 Å². The molecule has 1 aliphatic rings. The second kappa shape index (κ2) is 8.74. The van der Waals surface area contributed by atoms with E-state index >= 15 is 0 Å². The molecule has 1 heterocycles. The van der Waals surface area contributed by atoms with E-state index in [4.69, 9.17) is 11.6 Å². The standard InChI is InChI=1S/C21H28ClN3O/c1-15(2)14-25(17-8-10-18(26)11-9-17)20-6-4-3-5-19(20)24-16-7-12-21(22)23-13-16/h3-7,12-13,15,17-18,24,26H,8-11,14H2,1-2H3. The molecule has 0 atom stereocenters. The molecule has 1 saturated carbocycles. The molecule has 26 heavy (non-hydrogen) atoms. The van der Waals surface area contributed by atoms with Crippen LogP contribution < -0.4 is 10.2 Å². The van der Waals surface area contributed by atoms with Gasteiger partial charge >= 0.3 is 0 Å². The van der Waals surface area contributed by atoms with Crippen LogP contribution >= 0.6 is 11.6 Å². The number of halogens is 1. The zero-order valence-corrected chi connectivity index (χ0v) is 16.3. The number of nitrogens with one attached hydrogen (secondary N) is 1. The molecule has 1 aliphatic carbocycles. The van der Waals surface area contributed by atoms with Gasteiger partial charge in [-0.2, -0.15) is 0 Å². The lowest BCUT2D eigenvalue weighted by Crippen LogP contribution is -2.41. The number of pyridine rings is 1. The largest absolute Gasteiger partial charge is 0.393 e. The van der Waals surface area contributed by atoms with Crippen LogP contribution in [0.25, 0.3) is 0 Å². The van der Waals surface area contributed by atoms with Crippen molar-refractivity contribution in [3.05, 3.63) is 47.7 Å². The molecule has 0 spiro atoms. The molecule has 1 aromatic carbocycles. The molecular weight excluding hydrogens is 346 g/mol. The molecule has 0 radical (unpaired) electrons. The van der Waals surface area contributed by atoms with Crippen molar-refractivity contribution in [1.82, 2.24) is 4.98 Å². The van der Waals surface area contributed by atoms with Crippen LogP contribution in [0.5, 0.6) is 0 Å². The summed E-state index contributed by atoms with van der Waals surface area (Å²) in [5.74, 6) is 0.562. The molecule has 140 valence electrons. The SMILES string of the molecule is CC(C)CN(c1ccccc1Nc1ccc(Cl)nc1)C1CCC(O)CC1. The van der Waals surface area contributed by atoms with Gasteiger partial charge in [0.25, 0.3) is 0 Å². The number of benzene rings is 1. The molecule has 0 amide bonds. The van der Waals surface area contributed by atoms with E-state index < -0.39 is 0 Å². The van der Waals surface area contributed by atoms with Crippen molar-refractivity contribution in [1.29, 1.82) is 0 Å². The molecule has 4 nitrogen and oxygen atoms in total. The minimum absolute atomic E-state index is 0.138. The summed E-state index contributed by atoms with van der Waals surface area (Å²) in [5.41, 5.74) is 3.20. The van der Waals surface area contributed by atoms with E-state index in [1.165, 1.54) is 5.69 Å². The summed E-state index contributed by atoms with van der Waals surface area (Å²) in [6.45, 7) is 5.51. The summed E-state index contributed by atoms with van der Waals surface area (Å²) in [4.78, 5) is 6.67. The van der Waals surface area contributed by atoms with Crippen LogP contribution in [-0.2, 0) is 0 Å². The molecule has 5 heteroatoms. The maximum atomic E-state index is 9.88. The quantitative estimate of drug-likeness (QED) is 0.679. The highest BCUT2D eigenvalue weighted by atomic mass is 35.5. The van der Waals surface area contributed by atoms with E-state index in [9.17, 15) is 5.11 Å². The molecule has 2 aromatic rings. The lowest BCUT2D eigenvalue weighted by molar-refractivity contribution is 0.121. The van der Waals surface area contributed by atoms with Gasteiger partial charge < -0.3 is 15.3 Å². The maximum absolute atomic E-state index is 9.88. The fourth-order valence-corrected chi connectivity index (χ4v) is 3.75. The van der Waals surface area contributed by atoms with Gasteiger partial charge in [0, 0.05) is 12.6 Å². The van der Waals surface area contributed by atoms with Crippen molar-refractivity contribution in [2.45, 2.75) is 51.7 Å². The molecule has 1 aromatic heterocycles. The third kappa shape index (κ3) is 4.89. The summed E-state index contributed by atoms with van der Waals surface area (Å²) in [6, 6.07) is 12.6. The average molecular weight is 374 g/mol. The highest BCUT2D eigenvalue weighted by Gasteiger charge is 2.26. The Kier molecular flexibility index (Phi) is 6.38. The number of para-hydroxylation sites is 2. The van der Waals surface area contributed by atoms with Crippen LogP contribution in [0.2, 0.25) is 5.15 Å². The number of hydrogen-bond donors (Lipinski definition) is 2. The number of anilines is 3. The summed E-state index contributed by atoms with van der Waals surface area (Å²) in [6.07, 6.45) is 5.45. The molecule has 1 fully saturated rings. The second-order valence-corrected chi connectivity index (χ2v) is 7.91. The van der Waals surface area contributed by atoms with E-state index in [1.54, 1.807) is 12.3 Å². The van der Waals surface area contributed by atoms with Crippen LogP contribution in [0, 0.1) is 5.92 Å². The smallest absolute Gasteiger partial charge is 0.129 e. The first kappa shape index (κ1) is 19.0. The molecule has 0 saturated heterocycles. The first-order chi connectivity index (χ1) is 12.5. The maximum Gasteiger partial charge on any atom is 0.129 e.